The molecule has 7 heteroatoms. The maximum absolute atomic E-state index is 6.52. The van der Waals surface area contributed by atoms with Crippen LogP contribution in [0.2, 0.25) is 18.1 Å². The molecule has 0 saturated heterocycles. The Labute approximate surface area is 185 Å². The van der Waals surface area contributed by atoms with Gasteiger partial charge in [-0.05, 0) is 41.9 Å². The van der Waals surface area contributed by atoms with E-state index in [9.17, 15) is 0 Å². The van der Waals surface area contributed by atoms with Crippen LogP contribution >= 0.6 is 0 Å². The van der Waals surface area contributed by atoms with E-state index in [1.165, 1.54) is 0 Å². The Bertz CT molecular complexity index is 975. The summed E-state index contributed by atoms with van der Waals surface area (Å²) in [5.74, 6) is 3.79. The molecule has 1 aliphatic heterocycles. The van der Waals surface area contributed by atoms with Crippen LogP contribution in [0.5, 0.6) is 34.5 Å². The van der Waals surface area contributed by atoms with Gasteiger partial charge in [0.25, 0.3) is 8.32 Å². The molecular weight excluding hydrogens is 412 g/mol. The quantitative estimate of drug-likeness (QED) is 0.386. The highest BCUT2D eigenvalue weighted by Gasteiger charge is 2.39. The van der Waals surface area contributed by atoms with Crippen LogP contribution in [-0.4, -0.2) is 36.4 Å². The third kappa shape index (κ3) is 4.61. The molecule has 0 radical (unpaired) electrons. The molecule has 0 saturated carbocycles. The molecule has 0 aromatic heterocycles. The summed E-state index contributed by atoms with van der Waals surface area (Å²) in [7, 11) is 2.84. The first-order valence-electron chi connectivity index (χ1n) is 10.2. The lowest BCUT2D eigenvalue weighted by Crippen LogP contribution is -2.43. The summed E-state index contributed by atoms with van der Waals surface area (Å²) in [6.45, 7) is 11.3. The molecule has 2 aromatic carbocycles. The first-order chi connectivity index (χ1) is 14.6. The van der Waals surface area contributed by atoms with Gasteiger partial charge in [-0.3, -0.25) is 0 Å². The first kappa shape index (κ1) is 22.9. The minimum Gasteiger partial charge on any atom is -0.541 e. The van der Waals surface area contributed by atoms with Crippen LogP contribution in [0.4, 0.5) is 0 Å². The molecule has 0 amide bonds. The van der Waals surface area contributed by atoms with Gasteiger partial charge in [0.2, 0.25) is 18.3 Å². The summed E-state index contributed by atoms with van der Waals surface area (Å²) in [6, 6.07) is 7.81. The molecule has 3 rings (SSSR count). The summed E-state index contributed by atoms with van der Waals surface area (Å²) in [5, 5.41) is 0.0836. The van der Waals surface area contributed by atoms with Crippen LogP contribution < -0.4 is 28.1 Å². The van der Waals surface area contributed by atoms with E-state index in [1.807, 2.05) is 36.4 Å². The lowest BCUT2D eigenvalue weighted by molar-refractivity contribution is 0.170. The summed E-state index contributed by atoms with van der Waals surface area (Å²) < 4.78 is 34.2. The van der Waals surface area contributed by atoms with E-state index < -0.39 is 8.32 Å². The zero-order chi connectivity index (χ0) is 22.8. The van der Waals surface area contributed by atoms with E-state index in [4.69, 9.17) is 28.1 Å². The van der Waals surface area contributed by atoms with Crippen LogP contribution in [0.25, 0.3) is 12.2 Å². The monoisotopic (exact) mass is 444 g/mol. The van der Waals surface area contributed by atoms with Crippen molar-refractivity contribution in [2.45, 2.75) is 38.9 Å². The number of methoxy groups -OCH3 is 3. The Morgan fingerprint density at radius 3 is 2.19 bits per heavy atom. The fraction of sp³-hybridized carbons (Fsp3) is 0.417. The molecule has 0 unspecified atom stereocenters. The molecular formula is C24H32O6Si. The van der Waals surface area contributed by atoms with Gasteiger partial charge in [-0.1, -0.05) is 39.0 Å². The number of hydrogen-bond acceptors (Lipinski definition) is 6. The van der Waals surface area contributed by atoms with Crippen molar-refractivity contribution in [1.29, 1.82) is 0 Å². The van der Waals surface area contributed by atoms with Crippen LogP contribution in [-0.2, 0) is 0 Å². The van der Waals surface area contributed by atoms with Gasteiger partial charge in [-0.15, -0.1) is 0 Å². The van der Waals surface area contributed by atoms with Crippen LogP contribution in [0.3, 0.4) is 0 Å². The SMILES string of the molecule is COc1ccc(/C=C\c2cc3c(c(OC)c2OC)OCO3)cc1O[Si](C)(C)C(C)(C)C. The predicted octanol–water partition coefficient (Wildman–Crippen LogP) is 6.00. The number of hydrogen-bond donors (Lipinski definition) is 0. The smallest absolute Gasteiger partial charge is 0.250 e. The van der Waals surface area contributed by atoms with Gasteiger partial charge < -0.3 is 28.1 Å². The lowest BCUT2D eigenvalue weighted by atomic mass is 10.1. The Balaban J connectivity index is 1.97. The molecule has 2 aromatic rings. The molecule has 1 heterocycles. The average Bonchev–Trinajstić information content (AvgIpc) is 3.18. The normalized spacial score (nSPS) is 13.4. The van der Waals surface area contributed by atoms with Crippen molar-refractivity contribution in [2.75, 3.05) is 28.1 Å². The maximum Gasteiger partial charge on any atom is 0.250 e. The van der Waals surface area contributed by atoms with Gasteiger partial charge in [-0.25, -0.2) is 0 Å². The van der Waals surface area contributed by atoms with E-state index in [0.29, 0.717) is 23.0 Å². The van der Waals surface area contributed by atoms with Gasteiger partial charge in [0, 0.05) is 5.56 Å². The topological polar surface area (TPSA) is 55.4 Å². The minimum absolute atomic E-state index is 0.0836. The Morgan fingerprint density at radius 2 is 1.58 bits per heavy atom. The standard InChI is InChI=1S/C24H32O6Si/c1-24(2,3)31(7,8)30-19-13-16(10-12-18(19)25-4)9-11-17-14-20-22(29-15-28-20)23(27-6)21(17)26-5/h9-14H,15H2,1-8H3/b11-9-. The van der Waals surface area contributed by atoms with Crippen molar-refractivity contribution in [3.05, 3.63) is 35.4 Å². The second-order valence-corrected chi connectivity index (χ2v) is 13.6. The number of ether oxygens (including phenoxy) is 5. The van der Waals surface area contributed by atoms with Crippen LogP contribution in [0, 0.1) is 0 Å². The van der Waals surface area contributed by atoms with E-state index in [-0.39, 0.29) is 11.8 Å². The molecule has 0 N–H and O–H groups in total. The fourth-order valence-corrected chi connectivity index (χ4v) is 4.04. The highest BCUT2D eigenvalue weighted by atomic mass is 28.4. The maximum atomic E-state index is 6.52. The van der Waals surface area contributed by atoms with Crippen LogP contribution in [0.1, 0.15) is 31.9 Å². The Morgan fingerprint density at radius 1 is 0.871 bits per heavy atom. The molecule has 0 atom stereocenters. The predicted molar refractivity (Wildman–Crippen MR) is 125 cm³/mol. The molecule has 168 valence electrons. The van der Waals surface area contributed by atoms with E-state index in [1.54, 1.807) is 21.3 Å². The second-order valence-electron chi connectivity index (χ2n) is 8.87. The van der Waals surface area contributed by atoms with Gasteiger partial charge in [0.1, 0.15) is 5.75 Å². The highest BCUT2D eigenvalue weighted by Crippen LogP contribution is 2.49. The van der Waals surface area contributed by atoms with Gasteiger partial charge in [0.15, 0.2) is 17.2 Å². The zero-order valence-corrected chi connectivity index (χ0v) is 20.6. The van der Waals surface area contributed by atoms with E-state index in [2.05, 4.69) is 33.9 Å². The zero-order valence-electron chi connectivity index (χ0n) is 19.6. The highest BCUT2D eigenvalue weighted by molar-refractivity contribution is 6.74. The molecule has 0 bridgehead atoms. The second kappa shape index (κ2) is 8.75. The third-order valence-electron chi connectivity index (χ3n) is 5.83. The number of benzene rings is 2. The van der Waals surface area contributed by atoms with E-state index in [0.717, 1.165) is 22.6 Å². The largest absolute Gasteiger partial charge is 0.541 e. The van der Waals surface area contributed by atoms with Crippen molar-refractivity contribution in [1.82, 2.24) is 0 Å². The molecule has 31 heavy (non-hydrogen) atoms. The Hall–Kier alpha value is -2.80. The lowest BCUT2D eigenvalue weighted by Gasteiger charge is -2.36. The molecule has 0 spiro atoms. The minimum atomic E-state index is -2.01. The summed E-state index contributed by atoms with van der Waals surface area (Å²) in [5.41, 5.74) is 1.81. The van der Waals surface area contributed by atoms with Gasteiger partial charge in [-0.2, -0.15) is 0 Å². The molecule has 6 nitrogen and oxygen atoms in total. The van der Waals surface area contributed by atoms with Crippen molar-refractivity contribution < 1.29 is 28.1 Å². The fourth-order valence-electron chi connectivity index (χ4n) is 3.02. The van der Waals surface area contributed by atoms with Gasteiger partial charge in [0.05, 0.1) is 21.3 Å². The van der Waals surface area contributed by atoms with Crippen molar-refractivity contribution in [3.8, 4) is 34.5 Å². The van der Waals surface area contributed by atoms with E-state index >= 15 is 0 Å². The number of fused-ring (bicyclic) bond motifs is 1. The van der Waals surface area contributed by atoms with Crippen LogP contribution in [0.15, 0.2) is 24.3 Å². The third-order valence-corrected chi connectivity index (χ3v) is 10.2. The Kier molecular flexibility index (Phi) is 6.45. The van der Waals surface area contributed by atoms with Crippen molar-refractivity contribution in [3.63, 3.8) is 0 Å². The molecule has 0 fully saturated rings. The molecule has 0 aliphatic carbocycles. The molecule has 1 aliphatic rings. The summed E-state index contributed by atoms with van der Waals surface area (Å²) in [4.78, 5) is 0. The summed E-state index contributed by atoms with van der Waals surface area (Å²) in [6.07, 6.45) is 3.96. The van der Waals surface area contributed by atoms with Crippen molar-refractivity contribution in [2.24, 2.45) is 0 Å². The van der Waals surface area contributed by atoms with Crippen molar-refractivity contribution >= 4 is 20.5 Å². The first-order valence-corrected chi connectivity index (χ1v) is 13.1. The summed E-state index contributed by atoms with van der Waals surface area (Å²) >= 11 is 0. The average molecular weight is 445 g/mol. The van der Waals surface area contributed by atoms with Gasteiger partial charge >= 0.3 is 0 Å². The number of rotatable bonds is 7.